The van der Waals surface area contributed by atoms with Gasteiger partial charge >= 0.3 is 5.97 Å². The maximum absolute atomic E-state index is 12.2. The number of carbonyl (C=O) groups is 2. The molecule has 0 aliphatic rings. The van der Waals surface area contributed by atoms with E-state index in [9.17, 15) is 9.59 Å². The molecule has 0 saturated heterocycles. The molecule has 110 valence electrons. The molecule has 1 aromatic carbocycles. The van der Waals surface area contributed by atoms with Crippen LogP contribution in [0.25, 0.3) is 0 Å². The Morgan fingerprint density at radius 2 is 2.10 bits per heavy atom. The van der Waals surface area contributed by atoms with Gasteiger partial charge in [-0.05, 0) is 16.0 Å². The van der Waals surface area contributed by atoms with Gasteiger partial charge in [-0.1, -0.05) is 30.3 Å². The number of esters is 1. The topological polar surface area (TPSA) is 99.0 Å². The van der Waals surface area contributed by atoms with Crippen molar-refractivity contribution in [2.24, 2.45) is 0 Å². The van der Waals surface area contributed by atoms with Crippen molar-refractivity contribution in [1.82, 2.24) is 25.5 Å². The van der Waals surface area contributed by atoms with Crippen LogP contribution in [0, 0.1) is 0 Å². The summed E-state index contributed by atoms with van der Waals surface area (Å²) in [5.41, 5.74) is 0.964. The molecule has 0 aliphatic heterocycles. The second-order valence-electron chi connectivity index (χ2n) is 4.29. The Kier molecular flexibility index (Phi) is 4.97. The van der Waals surface area contributed by atoms with Crippen LogP contribution in [0.3, 0.4) is 0 Å². The van der Waals surface area contributed by atoms with Gasteiger partial charge in [0.15, 0.2) is 0 Å². The molecule has 8 heteroatoms. The zero-order chi connectivity index (χ0) is 15.1. The largest absolute Gasteiger partial charge is 0.468 e. The summed E-state index contributed by atoms with van der Waals surface area (Å²) in [7, 11) is 1.26. The van der Waals surface area contributed by atoms with E-state index in [1.807, 2.05) is 30.3 Å². The summed E-state index contributed by atoms with van der Waals surface area (Å²) in [5.74, 6) is -0.866. The van der Waals surface area contributed by atoms with Crippen molar-refractivity contribution in [3.63, 3.8) is 0 Å². The third-order valence-electron chi connectivity index (χ3n) is 2.89. The fourth-order valence-corrected chi connectivity index (χ4v) is 1.80. The first-order chi connectivity index (χ1) is 10.2. The molecule has 0 radical (unpaired) electrons. The molecule has 1 unspecified atom stereocenters. The molecule has 2 rings (SSSR count). The van der Waals surface area contributed by atoms with Crippen LogP contribution in [-0.2, 0) is 20.7 Å². The Labute approximate surface area is 121 Å². The van der Waals surface area contributed by atoms with E-state index in [-0.39, 0.29) is 12.5 Å². The molecule has 1 atom stereocenters. The summed E-state index contributed by atoms with van der Waals surface area (Å²) < 4.78 is 5.85. The quantitative estimate of drug-likeness (QED) is 0.736. The number of ether oxygens (including phenoxy) is 1. The number of hydrogen-bond donors (Lipinski definition) is 1. The summed E-state index contributed by atoms with van der Waals surface area (Å²) in [6.45, 7) is -0.192. The van der Waals surface area contributed by atoms with Gasteiger partial charge in [-0.2, -0.15) is 0 Å². The van der Waals surface area contributed by atoms with Gasteiger partial charge in [0.05, 0.1) is 7.11 Å². The Morgan fingerprint density at radius 3 is 2.71 bits per heavy atom. The number of methoxy groups -OCH3 is 1. The molecular formula is C13H15N5O3. The molecule has 21 heavy (non-hydrogen) atoms. The highest BCUT2D eigenvalue weighted by atomic mass is 16.5. The average Bonchev–Trinajstić information content (AvgIpc) is 3.05. The van der Waals surface area contributed by atoms with Gasteiger partial charge in [-0.3, -0.25) is 9.59 Å². The highest BCUT2D eigenvalue weighted by molar-refractivity contribution is 5.84. The minimum Gasteiger partial charge on any atom is -0.468 e. The van der Waals surface area contributed by atoms with E-state index in [1.165, 1.54) is 18.1 Å². The van der Waals surface area contributed by atoms with Gasteiger partial charge in [0.1, 0.15) is 18.9 Å². The van der Waals surface area contributed by atoms with Crippen molar-refractivity contribution >= 4 is 11.9 Å². The maximum atomic E-state index is 12.2. The second kappa shape index (κ2) is 7.13. The van der Waals surface area contributed by atoms with Crippen LogP contribution in [0.4, 0.5) is 0 Å². The average molecular weight is 289 g/mol. The molecule has 0 spiro atoms. The van der Waals surface area contributed by atoms with Crippen LogP contribution >= 0.6 is 0 Å². The summed E-state index contributed by atoms with van der Waals surface area (Å²) in [6, 6.07) is 8.85. The summed E-state index contributed by atoms with van der Waals surface area (Å²) in [6.07, 6.45) is 1.78. The zero-order valence-electron chi connectivity index (χ0n) is 11.5. The molecule has 8 nitrogen and oxygen atoms in total. The van der Waals surface area contributed by atoms with Crippen molar-refractivity contribution in [2.75, 3.05) is 13.7 Å². The fraction of sp³-hybridized carbons (Fsp3) is 0.308. The number of hydrogen-bond acceptors (Lipinski definition) is 6. The standard InChI is InChI=1S/C13H15N5O3/c1-21-12(19)8-14-13(20)11(18-9-15-16-17-18)7-10-5-3-2-4-6-10/h2-6,9,11H,7-8H2,1H3,(H,14,20). The molecule has 1 amide bonds. The van der Waals surface area contributed by atoms with Crippen molar-refractivity contribution in [3.8, 4) is 0 Å². The van der Waals surface area contributed by atoms with Gasteiger partial charge in [0.2, 0.25) is 5.91 Å². The smallest absolute Gasteiger partial charge is 0.325 e. The van der Waals surface area contributed by atoms with Crippen LogP contribution in [0.15, 0.2) is 36.7 Å². The Balaban J connectivity index is 2.09. The van der Waals surface area contributed by atoms with Crippen LogP contribution in [0.1, 0.15) is 11.6 Å². The maximum Gasteiger partial charge on any atom is 0.325 e. The number of tetrazole rings is 1. The summed E-state index contributed by atoms with van der Waals surface area (Å²) in [5, 5.41) is 13.4. The predicted molar refractivity (Wildman–Crippen MR) is 72.0 cm³/mol. The third kappa shape index (κ3) is 4.10. The number of amides is 1. The number of aromatic nitrogens is 4. The summed E-state index contributed by atoms with van der Waals surface area (Å²) >= 11 is 0. The summed E-state index contributed by atoms with van der Waals surface area (Å²) in [4.78, 5) is 23.3. The highest BCUT2D eigenvalue weighted by Crippen LogP contribution is 2.13. The van der Waals surface area contributed by atoms with E-state index in [0.717, 1.165) is 5.56 Å². The van der Waals surface area contributed by atoms with Gasteiger partial charge in [-0.25, -0.2) is 4.68 Å². The van der Waals surface area contributed by atoms with Gasteiger partial charge < -0.3 is 10.1 Å². The lowest BCUT2D eigenvalue weighted by molar-refractivity contribution is -0.141. The molecule has 2 aromatic rings. The molecule has 1 heterocycles. The minimum absolute atomic E-state index is 0.192. The van der Waals surface area contributed by atoms with Crippen molar-refractivity contribution < 1.29 is 14.3 Å². The first-order valence-corrected chi connectivity index (χ1v) is 6.31. The number of nitrogens with one attached hydrogen (secondary N) is 1. The van der Waals surface area contributed by atoms with Crippen LogP contribution < -0.4 is 5.32 Å². The molecular weight excluding hydrogens is 274 g/mol. The molecule has 1 aromatic heterocycles. The van der Waals surface area contributed by atoms with Crippen LogP contribution in [0.2, 0.25) is 0 Å². The first-order valence-electron chi connectivity index (χ1n) is 6.31. The number of nitrogens with zero attached hydrogens (tertiary/aromatic N) is 4. The van der Waals surface area contributed by atoms with Gasteiger partial charge in [0.25, 0.3) is 0 Å². The van der Waals surface area contributed by atoms with E-state index in [2.05, 4.69) is 25.6 Å². The number of carbonyl (C=O) groups excluding carboxylic acids is 2. The van der Waals surface area contributed by atoms with E-state index < -0.39 is 12.0 Å². The molecule has 0 aliphatic carbocycles. The van der Waals surface area contributed by atoms with E-state index in [0.29, 0.717) is 6.42 Å². The normalized spacial score (nSPS) is 11.7. The Bertz CT molecular complexity index is 585. The van der Waals surface area contributed by atoms with Crippen LogP contribution in [0.5, 0.6) is 0 Å². The number of benzene rings is 1. The van der Waals surface area contributed by atoms with Crippen molar-refractivity contribution in [1.29, 1.82) is 0 Å². The SMILES string of the molecule is COC(=O)CNC(=O)C(Cc1ccccc1)n1cnnn1. The van der Waals surface area contributed by atoms with Gasteiger partial charge in [-0.15, -0.1) is 5.10 Å². The lowest BCUT2D eigenvalue weighted by Gasteiger charge is -2.15. The lowest BCUT2D eigenvalue weighted by Crippen LogP contribution is -2.37. The van der Waals surface area contributed by atoms with Crippen molar-refractivity contribution in [2.45, 2.75) is 12.5 Å². The van der Waals surface area contributed by atoms with Crippen molar-refractivity contribution in [3.05, 3.63) is 42.2 Å². The highest BCUT2D eigenvalue weighted by Gasteiger charge is 2.22. The second-order valence-corrected chi connectivity index (χ2v) is 4.29. The first kappa shape index (κ1) is 14.6. The fourth-order valence-electron chi connectivity index (χ4n) is 1.80. The molecule has 1 N–H and O–H groups in total. The third-order valence-corrected chi connectivity index (χ3v) is 2.89. The zero-order valence-corrected chi connectivity index (χ0v) is 11.5. The van der Waals surface area contributed by atoms with Crippen LogP contribution in [-0.4, -0.2) is 45.7 Å². The Hall–Kier alpha value is -2.77. The molecule has 0 bridgehead atoms. The predicted octanol–water partition coefficient (Wildman–Crippen LogP) is -0.254. The van der Waals surface area contributed by atoms with E-state index >= 15 is 0 Å². The monoisotopic (exact) mass is 289 g/mol. The van der Waals surface area contributed by atoms with Gasteiger partial charge in [0, 0.05) is 6.42 Å². The molecule has 0 fully saturated rings. The van der Waals surface area contributed by atoms with E-state index in [1.54, 1.807) is 0 Å². The lowest BCUT2D eigenvalue weighted by atomic mass is 10.1. The number of rotatable bonds is 6. The molecule has 0 saturated carbocycles. The van der Waals surface area contributed by atoms with E-state index in [4.69, 9.17) is 0 Å². The Morgan fingerprint density at radius 1 is 1.33 bits per heavy atom. The minimum atomic E-state index is -0.632.